The van der Waals surface area contributed by atoms with E-state index in [1.807, 2.05) is 0 Å². The van der Waals surface area contributed by atoms with E-state index in [1.165, 1.54) is 31.2 Å². The summed E-state index contributed by atoms with van der Waals surface area (Å²) in [6.45, 7) is 3.23. The maximum Gasteiger partial charge on any atom is 0.460 e. The summed E-state index contributed by atoms with van der Waals surface area (Å²) in [5.74, 6) is -17.0. The molecule has 1 aliphatic rings. The van der Waals surface area contributed by atoms with Gasteiger partial charge in [-0.25, -0.2) is 10.2 Å². The van der Waals surface area contributed by atoms with Crippen LogP contribution in [0.1, 0.15) is 57.6 Å². The molecular formula is C23H20F7N3O5. The van der Waals surface area contributed by atoms with Crippen molar-refractivity contribution in [3.05, 3.63) is 52.5 Å². The highest BCUT2D eigenvalue weighted by Gasteiger charge is 2.76. The summed E-state index contributed by atoms with van der Waals surface area (Å²) in [5, 5.41) is 5.88. The Balaban J connectivity index is 1.80. The third kappa shape index (κ3) is 5.36. The Labute approximate surface area is 210 Å². The number of carbonyl (C=O) groups is 3. The highest BCUT2D eigenvalue weighted by molar-refractivity contribution is 6.09. The largest absolute Gasteiger partial charge is 0.462 e. The predicted octanol–water partition coefficient (Wildman–Crippen LogP) is 5.01. The molecule has 0 fully saturated rings. The van der Waals surface area contributed by atoms with Crippen molar-refractivity contribution in [1.82, 2.24) is 5.43 Å². The average molecular weight is 551 g/mol. The first-order valence-electron chi connectivity index (χ1n) is 11.0. The zero-order valence-electron chi connectivity index (χ0n) is 19.8. The van der Waals surface area contributed by atoms with Gasteiger partial charge in [0.2, 0.25) is 0 Å². The van der Waals surface area contributed by atoms with Crippen molar-refractivity contribution in [2.75, 3.05) is 11.9 Å². The van der Waals surface area contributed by atoms with Crippen molar-refractivity contribution in [2.45, 2.75) is 51.1 Å². The highest BCUT2D eigenvalue weighted by Crippen LogP contribution is 2.46. The summed E-state index contributed by atoms with van der Waals surface area (Å²) in [7, 11) is 0. The molecule has 0 saturated carbocycles. The number of hydrazone groups is 1. The number of amides is 2. The summed E-state index contributed by atoms with van der Waals surface area (Å²) < 4.78 is 101. The van der Waals surface area contributed by atoms with Gasteiger partial charge < -0.3 is 14.5 Å². The van der Waals surface area contributed by atoms with Crippen molar-refractivity contribution < 1.29 is 54.3 Å². The van der Waals surface area contributed by atoms with Crippen molar-refractivity contribution in [2.24, 2.45) is 5.10 Å². The van der Waals surface area contributed by atoms with E-state index < -0.39 is 35.8 Å². The molecule has 15 heteroatoms. The molecule has 2 N–H and O–H groups in total. The van der Waals surface area contributed by atoms with E-state index in [-0.39, 0.29) is 59.1 Å². The second-order valence-electron chi connectivity index (χ2n) is 8.11. The molecule has 2 amide bonds. The Hall–Kier alpha value is -3.91. The maximum absolute atomic E-state index is 13.6. The molecule has 0 atom stereocenters. The molecule has 0 radical (unpaired) electrons. The molecule has 2 aromatic rings. The minimum absolute atomic E-state index is 0.0191. The molecule has 38 heavy (non-hydrogen) atoms. The normalized spacial score (nSPS) is 15.1. The number of aryl methyl sites for hydroxylation is 1. The topological polar surface area (TPSA) is 110 Å². The van der Waals surface area contributed by atoms with Crippen LogP contribution in [0, 0.1) is 6.92 Å². The minimum Gasteiger partial charge on any atom is -0.462 e. The summed E-state index contributed by atoms with van der Waals surface area (Å²) in [6, 6.07) is 5.70. The van der Waals surface area contributed by atoms with Gasteiger partial charge in [0.1, 0.15) is 5.76 Å². The van der Waals surface area contributed by atoms with Crippen molar-refractivity contribution in [3.8, 4) is 0 Å². The molecule has 3 rings (SSSR count). The van der Waals surface area contributed by atoms with Gasteiger partial charge in [-0.3, -0.25) is 9.59 Å². The first kappa shape index (κ1) is 28.7. The lowest BCUT2D eigenvalue weighted by Gasteiger charge is -2.26. The quantitative estimate of drug-likeness (QED) is 0.286. The molecule has 1 heterocycles. The molecule has 0 saturated heterocycles. The van der Waals surface area contributed by atoms with Crippen molar-refractivity contribution in [3.63, 3.8) is 0 Å². The lowest BCUT2D eigenvalue weighted by atomic mass is 9.93. The number of alkyl halides is 7. The third-order valence-electron chi connectivity index (χ3n) is 5.51. The maximum atomic E-state index is 13.6. The molecule has 0 spiro atoms. The van der Waals surface area contributed by atoms with Crippen LogP contribution in [-0.4, -0.2) is 48.1 Å². The molecular weight excluding hydrogens is 531 g/mol. The van der Waals surface area contributed by atoms with Crippen molar-refractivity contribution >= 4 is 29.2 Å². The molecule has 206 valence electrons. The van der Waals surface area contributed by atoms with Crippen LogP contribution in [0.5, 0.6) is 0 Å². The number of nitrogens with zero attached hydrogens (tertiary/aromatic N) is 1. The van der Waals surface area contributed by atoms with E-state index in [9.17, 15) is 45.1 Å². The van der Waals surface area contributed by atoms with E-state index in [1.54, 1.807) is 6.92 Å². The number of nitrogens with one attached hydrogen (secondary N) is 2. The number of hydrogen-bond donors (Lipinski definition) is 2. The Morgan fingerprint density at radius 2 is 1.66 bits per heavy atom. The minimum atomic E-state index is -6.68. The van der Waals surface area contributed by atoms with E-state index in [0.29, 0.717) is 6.42 Å². The van der Waals surface area contributed by atoms with E-state index >= 15 is 0 Å². The number of rotatable bonds is 7. The number of esters is 1. The lowest BCUT2D eigenvalue weighted by molar-refractivity contribution is -0.344. The lowest BCUT2D eigenvalue weighted by Crippen LogP contribution is -2.58. The fourth-order valence-electron chi connectivity index (χ4n) is 3.60. The summed E-state index contributed by atoms with van der Waals surface area (Å²) in [4.78, 5) is 36.1. The standard InChI is InChI=1S/C23H20F7N3O5/c1-3-37-19(35)12-7-9-13(10-8-12)31-18(34)17-11(2)16-14(5-4-6-15(16)38-17)32-33-20(36)21(24,25)22(26,27)23(28,29)30/h7-10H,3-6H2,1-2H3,(H,31,34)(H,33,36)/b32-14+. The first-order valence-corrected chi connectivity index (χ1v) is 11.0. The zero-order chi connectivity index (χ0) is 28.5. The van der Waals surface area contributed by atoms with Crippen LogP contribution in [0.3, 0.4) is 0 Å². The first-order chi connectivity index (χ1) is 17.6. The number of fused-ring (bicyclic) bond motifs is 1. The Kier molecular flexibility index (Phi) is 7.88. The third-order valence-corrected chi connectivity index (χ3v) is 5.51. The fraction of sp³-hybridized carbons (Fsp3) is 0.391. The van der Waals surface area contributed by atoms with Gasteiger partial charge in [0.15, 0.2) is 5.76 Å². The van der Waals surface area contributed by atoms with E-state index in [0.717, 1.165) is 5.43 Å². The second kappa shape index (κ2) is 10.5. The SMILES string of the molecule is CCOC(=O)c1ccc(NC(=O)c2oc3c(c2C)/C(=N/NC(=O)C(F)(F)C(F)(F)C(F)(F)F)CCC3)cc1. The molecule has 0 bridgehead atoms. The van der Waals surface area contributed by atoms with E-state index in [4.69, 9.17) is 9.15 Å². The van der Waals surface area contributed by atoms with Crippen LogP contribution < -0.4 is 10.7 Å². The molecule has 8 nitrogen and oxygen atoms in total. The summed E-state index contributed by atoms with van der Waals surface area (Å²) >= 11 is 0. The number of anilines is 1. The van der Waals surface area contributed by atoms with Gasteiger partial charge in [-0.1, -0.05) is 0 Å². The van der Waals surface area contributed by atoms with Crippen LogP contribution >= 0.6 is 0 Å². The van der Waals surface area contributed by atoms with Gasteiger partial charge in [0, 0.05) is 23.2 Å². The van der Waals surface area contributed by atoms with Gasteiger partial charge in [-0.05, 0) is 51.0 Å². The van der Waals surface area contributed by atoms with Gasteiger partial charge in [0.05, 0.1) is 17.9 Å². The molecule has 0 unspecified atom stereocenters. The van der Waals surface area contributed by atoms with Crippen molar-refractivity contribution in [1.29, 1.82) is 0 Å². The van der Waals surface area contributed by atoms with Gasteiger partial charge in [-0.2, -0.15) is 35.8 Å². The monoisotopic (exact) mass is 551 g/mol. The number of furan rings is 1. The number of halogens is 7. The second-order valence-corrected chi connectivity index (χ2v) is 8.11. The summed E-state index contributed by atoms with van der Waals surface area (Å²) in [6.07, 6.45) is -6.10. The molecule has 0 aliphatic heterocycles. The fourth-order valence-corrected chi connectivity index (χ4v) is 3.60. The van der Waals surface area contributed by atoms with Crippen LogP contribution in [0.15, 0.2) is 33.8 Å². The van der Waals surface area contributed by atoms with Gasteiger partial charge >= 0.3 is 29.9 Å². The number of carbonyl (C=O) groups excluding carboxylic acids is 3. The Morgan fingerprint density at radius 3 is 2.24 bits per heavy atom. The Morgan fingerprint density at radius 1 is 1.03 bits per heavy atom. The smallest absolute Gasteiger partial charge is 0.460 e. The highest BCUT2D eigenvalue weighted by atomic mass is 19.4. The van der Waals surface area contributed by atoms with Crippen LogP contribution in [-0.2, 0) is 16.0 Å². The van der Waals surface area contributed by atoms with Gasteiger partial charge in [0.25, 0.3) is 5.91 Å². The Bertz CT molecular complexity index is 1270. The van der Waals surface area contributed by atoms with Crippen LogP contribution in [0.2, 0.25) is 0 Å². The average Bonchev–Trinajstić information content (AvgIpc) is 3.19. The van der Waals surface area contributed by atoms with Gasteiger partial charge in [-0.15, -0.1) is 0 Å². The molecule has 1 aromatic heterocycles. The predicted molar refractivity (Wildman–Crippen MR) is 117 cm³/mol. The van der Waals surface area contributed by atoms with Crippen LogP contribution in [0.25, 0.3) is 0 Å². The van der Waals surface area contributed by atoms with E-state index in [2.05, 4.69) is 10.4 Å². The zero-order valence-corrected chi connectivity index (χ0v) is 19.8. The number of ether oxygens (including phenoxy) is 1. The number of hydrogen-bond acceptors (Lipinski definition) is 6. The van der Waals surface area contributed by atoms with Crippen LogP contribution in [0.4, 0.5) is 36.4 Å². The summed E-state index contributed by atoms with van der Waals surface area (Å²) in [5.41, 5.74) is 1.76. The molecule has 1 aromatic carbocycles. The number of benzene rings is 1. The molecule has 1 aliphatic carbocycles.